The van der Waals surface area contributed by atoms with Crippen LogP contribution in [0.15, 0.2) is 12.4 Å². The molecule has 2 unspecified atom stereocenters. The molecule has 0 aliphatic rings. The molecule has 0 bridgehead atoms. The van der Waals surface area contributed by atoms with Crippen molar-refractivity contribution in [3.05, 3.63) is 18.0 Å². The van der Waals surface area contributed by atoms with Gasteiger partial charge in [-0.1, -0.05) is 6.92 Å². The van der Waals surface area contributed by atoms with Crippen molar-refractivity contribution in [2.45, 2.75) is 52.7 Å². The first-order chi connectivity index (χ1) is 8.58. The maximum absolute atomic E-state index is 4.31. The van der Waals surface area contributed by atoms with Crippen molar-refractivity contribution in [1.82, 2.24) is 20.0 Å². The molecule has 4 heteroatoms. The average molecular weight is 252 g/mol. The van der Waals surface area contributed by atoms with E-state index >= 15 is 0 Å². The van der Waals surface area contributed by atoms with E-state index in [1.807, 2.05) is 10.9 Å². The Morgan fingerprint density at radius 1 is 1.39 bits per heavy atom. The molecule has 1 rings (SSSR count). The average Bonchev–Trinajstić information content (AvgIpc) is 2.86. The molecule has 2 atom stereocenters. The molecule has 1 aromatic rings. The van der Waals surface area contributed by atoms with Crippen LogP contribution in [0.3, 0.4) is 0 Å². The molecule has 18 heavy (non-hydrogen) atoms. The van der Waals surface area contributed by atoms with Gasteiger partial charge in [-0.25, -0.2) is 0 Å². The molecule has 4 nitrogen and oxygen atoms in total. The van der Waals surface area contributed by atoms with E-state index in [0.29, 0.717) is 12.1 Å². The van der Waals surface area contributed by atoms with E-state index in [2.05, 4.69) is 56.3 Å². The van der Waals surface area contributed by atoms with Crippen LogP contribution in [0, 0.1) is 0 Å². The molecule has 1 aromatic heterocycles. The van der Waals surface area contributed by atoms with Gasteiger partial charge in [0.15, 0.2) is 0 Å². The lowest BCUT2D eigenvalue weighted by Crippen LogP contribution is -2.35. The van der Waals surface area contributed by atoms with E-state index in [-0.39, 0.29) is 0 Å². The number of nitrogens with one attached hydrogen (secondary N) is 1. The summed E-state index contributed by atoms with van der Waals surface area (Å²) >= 11 is 0. The summed E-state index contributed by atoms with van der Waals surface area (Å²) < 4.78 is 1.97. The van der Waals surface area contributed by atoms with E-state index in [4.69, 9.17) is 0 Å². The second-order valence-corrected chi connectivity index (χ2v) is 5.04. The molecule has 0 fully saturated rings. The van der Waals surface area contributed by atoms with Gasteiger partial charge in [0.1, 0.15) is 0 Å². The first-order valence-electron chi connectivity index (χ1n) is 7.04. The van der Waals surface area contributed by atoms with Crippen LogP contribution in [0.2, 0.25) is 0 Å². The van der Waals surface area contributed by atoms with Crippen molar-refractivity contribution >= 4 is 0 Å². The monoisotopic (exact) mass is 252 g/mol. The number of hydrogen-bond acceptors (Lipinski definition) is 3. The molecule has 0 aliphatic carbocycles. The molecular formula is C14H28N4. The third-order valence-corrected chi connectivity index (χ3v) is 3.74. The summed E-state index contributed by atoms with van der Waals surface area (Å²) in [5.74, 6) is 0. The second kappa shape index (κ2) is 7.54. The van der Waals surface area contributed by atoms with Gasteiger partial charge in [0.2, 0.25) is 0 Å². The van der Waals surface area contributed by atoms with Crippen LogP contribution < -0.4 is 5.32 Å². The van der Waals surface area contributed by atoms with Gasteiger partial charge in [-0.15, -0.1) is 0 Å². The third-order valence-electron chi connectivity index (χ3n) is 3.74. The molecule has 0 spiro atoms. The Bertz CT molecular complexity index is 334. The molecule has 0 aromatic carbocycles. The molecule has 1 N–H and O–H groups in total. The van der Waals surface area contributed by atoms with Gasteiger partial charge in [-0.3, -0.25) is 4.68 Å². The van der Waals surface area contributed by atoms with E-state index < -0.39 is 0 Å². The number of aryl methyl sites for hydroxylation is 1. The van der Waals surface area contributed by atoms with E-state index in [0.717, 1.165) is 19.6 Å². The quantitative estimate of drug-likeness (QED) is 0.770. The molecule has 0 aliphatic heterocycles. The highest BCUT2D eigenvalue weighted by Gasteiger charge is 2.09. The standard InChI is InChI=1S/C14H28N4/c1-6-12(3)17(5)9-8-15-13(4)14-10-16-18(7-2)11-14/h10-13,15H,6-9H2,1-5H3. The molecule has 0 radical (unpaired) electrons. The maximum Gasteiger partial charge on any atom is 0.0537 e. The Kier molecular flexibility index (Phi) is 6.36. The van der Waals surface area contributed by atoms with Crippen LogP contribution in [-0.4, -0.2) is 40.9 Å². The molecule has 104 valence electrons. The number of likely N-dealkylation sites (N-methyl/N-ethyl adjacent to an activating group) is 1. The van der Waals surface area contributed by atoms with E-state index in [9.17, 15) is 0 Å². The summed E-state index contributed by atoms with van der Waals surface area (Å²) in [4.78, 5) is 2.40. The third kappa shape index (κ3) is 4.42. The van der Waals surface area contributed by atoms with Crippen LogP contribution in [0.5, 0.6) is 0 Å². The van der Waals surface area contributed by atoms with Gasteiger partial charge < -0.3 is 10.2 Å². The Morgan fingerprint density at radius 2 is 2.11 bits per heavy atom. The van der Waals surface area contributed by atoms with Crippen LogP contribution >= 0.6 is 0 Å². The largest absolute Gasteiger partial charge is 0.309 e. The Hall–Kier alpha value is -0.870. The van der Waals surface area contributed by atoms with E-state index in [1.54, 1.807) is 0 Å². The SMILES string of the molecule is CCC(C)N(C)CCNC(C)c1cnn(CC)c1. The summed E-state index contributed by atoms with van der Waals surface area (Å²) in [5, 5.41) is 7.86. The highest BCUT2D eigenvalue weighted by atomic mass is 15.3. The summed E-state index contributed by atoms with van der Waals surface area (Å²) in [6.45, 7) is 11.8. The van der Waals surface area contributed by atoms with Crippen molar-refractivity contribution in [3.63, 3.8) is 0 Å². The fraction of sp³-hybridized carbons (Fsp3) is 0.786. The summed E-state index contributed by atoms with van der Waals surface area (Å²) in [5.41, 5.74) is 1.27. The van der Waals surface area contributed by atoms with Gasteiger partial charge in [0.05, 0.1) is 6.20 Å². The van der Waals surface area contributed by atoms with Crippen molar-refractivity contribution in [2.24, 2.45) is 0 Å². The topological polar surface area (TPSA) is 33.1 Å². The fourth-order valence-electron chi connectivity index (χ4n) is 1.88. The Labute approximate surface area is 111 Å². The fourth-order valence-corrected chi connectivity index (χ4v) is 1.88. The van der Waals surface area contributed by atoms with Gasteiger partial charge in [0.25, 0.3) is 0 Å². The lowest BCUT2D eigenvalue weighted by atomic mass is 10.2. The van der Waals surface area contributed by atoms with Crippen molar-refractivity contribution < 1.29 is 0 Å². The van der Waals surface area contributed by atoms with Gasteiger partial charge >= 0.3 is 0 Å². The molecule has 0 saturated heterocycles. The van der Waals surface area contributed by atoms with Crippen molar-refractivity contribution in [1.29, 1.82) is 0 Å². The first kappa shape index (κ1) is 15.2. The summed E-state index contributed by atoms with van der Waals surface area (Å²) in [7, 11) is 2.19. The molecule has 1 heterocycles. The minimum absolute atomic E-state index is 0.371. The molecule has 0 saturated carbocycles. The van der Waals surface area contributed by atoms with Crippen LogP contribution in [0.1, 0.15) is 45.7 Å². The summed E-state index contributed by atoms with van der Waals surface area (Å²) in [6, 6.07) is 1.03. The van der Waals surface area contributed by atoms with E-state index in [1.165, 1.54) is 12.0 Å². The number of hydrogen-bond donors (Lipinski definition) is 1. The highest BCUT2D eigenvalue weighted by molar-refractivity contribution is 5.09. The normalized spacial score (nSPS) is 15.0. The first-order valence-corrected chi connectivity index (χ1v) is 7.04. The van der Waals surface area contributed by atoms with Gasteiger partial charge in [-0.2, -0.15) is 5.10 Å². The van der Waals surface area contributed by atoms with Gasteiger partial charge in [0, 0.05) is 43.5 Å². The highest BCUT2D eigenvalue weighted by Crippen LogP contribution is 2.10. The minimum atomic E-state index is 0.371. The number of rotatable bonds is 8. The Morgan fingerprint density at radius 3 is 2.67 bits per heavy atom. The zero-order chi connectivity index (χ0) is 13.5. The summed E-state index contributed by atoms with van der Waals surface area (Å²) in [6.07, 6.45) is 5.28. The zero-order valence-corrected chi connectivity index (χ0v) is 12.5. The smallest absolute Gasteiger partial charge is 0.0537 e. The van der Waals surface area contributed by atoms with Crippen LogP contribution in [0.4, 0.5) is 0 Å². The zero-order valence-electron chi connectivity index (χ0n) is 12.5. The number of nitrogens with zero attached hydrogens (tertiary/aromatic N) is 3. The lowest BCUT2D eigenvalue weighted by molar-refractivity contribution is 0.249. The van der Waals surface area contributed by atoms with Gasteiger partial charge in [-0.05, 0) is 34.2 Å². The molecular weight excluding hydrogens is 224 g/mol. The van der Waals surface area contributed by atoms with Crippen molar-refractivity contribution in [3.8, 4) is 0 Å². The minimum Gasteiger partial charge on any atom is -0.309 e. The lowest BCUT2D eigenvalue weighted by Gasteiger charge is -2.24. The second-order valence-electron chi connectivity index (χ2n) is 5.04. The Balaban J connectivity index is 2.30. The number of aromatic nitrogens is 2. The maximum atomic E-state index is 4.31. The predicted molar refractivity (Wildman–Crippen MR) is 76.7 cm³/mol. The molecule has 0 amide bonds. The van der Waals surface area contributed by atoms with Crippen LogP contribution in [0.25, 0.3) is 0 Å². The van der Waals surface area contributed by atoms with Crippen molar-refractivity contribution in [2.75, 3.05) is 20.1 Å². The predicted octanol–water partition coefficient (Wildman–Crippen LogP) is 2.28. The van der Waals surface area contributed by atoms with Crippen LogP contribution in [-0.2, 0) is 6.54 Å².